The molecule has 0 atom stereocenters. The van der Waals surface area contributed by atoms with E-state index in [1.54, 1.807) is 6.20 Å². The van der Waals surface area contributed by atoms with Gasteiger partial charge in [0.25, 0.3) is 0 Å². The van der Waals surface area contributed by atoms with E-state index in [1.165, 1.54) is 18.2 Å². The van der Waals surface area contributed by atoms with Gasteiger partial charge in [0.1, 0.15) is 0 Å². The zero-order valence-electron chi connectivity index (χ0n) is 12.0. The van der Waals surface area contributed by atoms with E-state index in [1.807, 2.05) is 24.3 Å². The van der Waals surface area contributed by atoms with Crippen molar-refractivity contribution < 1.29 is 18.3 Å². The Kier molecular flexibility index (Phi) is 3.89. The smallest absolute Gasteiger partial charge is 0.335 e. The molecule has 6 nitrogen and oxygen atoms in total. The van der Waals surface area contributed by atoms with Crippen LogP contribution >= 0.6 is 0 Å². The van der Waals surface area contributed by atoms with E-state index in [0.717, 1.165) is 22.5 Å². The summed E-state index contributed by atoms with van der Waals surface area (Å²) in [6.45, 7) is 0.115. The number of H-pyrrole nitrogens is 1. The molecule has 3 aromatic rings. The van der Waals surface area contributed by atoms with Crippen molar-refractivity contribution in [2.45, 2.75) is 11.4 Å². The summed E-state index contributed by atoms with van der Waals surface area (Å²) in [7, 11) is -3.79. The van der Waals surface area contributed by atoms with Crippen LogP contribution in [0.2, 0.25) is 0 Å². The molecule has 0 spiro atoms. The van der Waals surface area contributed by atoms with Crippen molar-refractivity contribution in [1.29, 1.82) is 0 Å². The fourth-order valence-corrected chi connectivity index (χ4v) is 3.38. The van der Waals surface area contributed by atoms with E-state index in [2.05, 4.69) is 9.71 Å². The van der Waals surface area contributed by atoms with Crippen LogP contribution in [0.1, 0.15) is 15.9 Å². The third kappa shape index (κ3) is 3.10. The first-order valence-corrected chi connectivity index (χ1v) is 8.34. The van der Waals surface area contributed by atoms with Crippen LogP contribution in [0.25, 0.3) is 10.9 Å². The number of sulfonamides is 1. The lowest BCUT2D eigenvalue weighted by atomic mass is 10.2. The zero-order chi connectivity index (χ0) is 16.4. The Labute approximate surface area is 132 Å². The first-order valence-electron chi connectivity index (χ1n) is 6.85. The summed E-state index contributed by atoms with van der Waals surface area (Å²) in [5.74, 6) is -1.17. The van der Waals surface area contributed by atoms with Crippen LogP contribution in [-0.4, -0.2) is 24.5 Å². The van der Waals surface area contributed by atoms with Crippen LogP contribution < -0.4 is 4.72 Å². The average Bonchev–Trinajstić information content (AvgIpc) is 2.96. The number of aromatic carboxylic acids is 1. The molecule has 1 heterocycles. The predicted octanol–water partition coefficient (Wildman–Crippen LogP) is 2.34. The first-order chi connectivity index (χ1) is 11.0. The minimum Gasteiger partial charge on any atom is -0.478 e. The Morgan fingerprint density at radius 2 is 1.91 bits per heavy atom. The fraction of sp³-hybridized carbons (Fsp3) is 0.0625. The molecule has 3 N–H and O–H groups in total. The summed E-state index contributed by atoms with van der Waals surface area (Å²) >= 11 is 0. The van der Waals surface area contributed by atoms with E-state index in [4.69, 9.17) is 5.11 Å². The number of aromatic amines is 1. The number of benzene rings is 2. The topological polar surface area (TPSA) is 99.3 Å². The van der Waals surface area contributed by atoms with E-state index in [9.17, 15) is 13.2 Å². The maximum atomic E-state index is 12.3. The second kappa shape index (κ2) is 5.86. The Bertz CT molecular complexity index is 976. The molecule has 0 amide bonds. The van der Waals surface area contributed by atoms with Crippen molar-refractivity contribution in [2.75, 3.05) is 0 Å². The average molecular weight is 330 g/mol. The number of carboxylic acids is 1. The molecule has 23 heavy (non-hydrogen) atoms. The highest BCUT2D eigenvalue weighted by atomic mass is 32.2. The van der Waals surface area contributed by atoms with Crippen LogP contribution in [0.3, 0.4) is 0 Å². The van der Waals surface area contributed by atoms with Gasteiger partial charge in [-0.05, 0) is 29.8 Å². The molecule has 3 rings (SSSR count). The van der Waals surface area contributed by atoms with Crippen LogP contribution in [-0.2, 0) is 16.6 Å². The van der Waals surface area contributed by atoms with E-state index >= 15 is 0 Å². The second-order valence-corrected chi connectivity index (χ2v) is 6.78. The SMILES string of the molecule is O=C(O)c1cccc(S(=O)(=O)NCc2c[nH]c3ccccc23)c1. The molecule has 0 aliphatic rings. The number of carbonyl (C=O) groups is 1. The molecular formula is C16H14N2O4S. The predicted molar refractivity (Wildman–Crippen MR) is 85.7 cm³/mol. The van der Waals surface area contributed by atoms with Crippen LogP contribution in [0, 0.1) is 0 Å². The van der Waals surface area contributed by atoms with Gasteiger partial charge in [-0.15, -0.1) is 0 Å². The molecule has 0 saturated carbocycles. The highest BCUT2D eigenvalue weighted by Gasteiger charge is 2.16. The molecule has 1 aromatic heterocycles. The lowest BCUT2D eigenvalue weighted by Crippen LogP contribution is -2.23. The lowest BCUT2D eigenvalue weighted by molar-refractivity contribution is 0.0696. The van der Waals surface area contributed by atoms with Crippen molar-refractivity contribution in [2.24, 2.45) is 0 Å². The van der Waals surface area contributed by atoms with Gasteiger partial charge in [-0.2, -0.15) is 0 Å². The summed E-state index contributed by atoms with van der Waals surface area (Å²) in [5, 5.41) is 9.89. The molecule has 0 fully saturated rings. The molecule has 0 aliphatic carbocycles. The molecule has 0 bridgehead atoms. The Balaban J connectivity index is 1.84. The van der Waals surface area contributed by atoms with Crippen molar-refractivity contribution in [3.05, 3.63) is 65.9 Å². The van der Waals surface area contributed by atoms with Crippen molar-refractivity contribution >= 4 is 26.9 Å². The van der Waals surface area contributed by atoms with Crippen LogP contribution in [0.5, 0.6) is 0 Å². The third-order valence-electron chi connectivity index (χ3n) is 3.52. The normalized spacial score (nSPS) is 11.7. The molecule has 118 valence electrons. The summed E-state index contributed by atoms with van der Waals surface area (Å²) in [5.41, 5.74) is 1.67. The van der Waals surface area contributed by atoms with E-state index in [0.29, 0.717) is 0 Å². The number of rotatable bonds is 5. The van der Waals surface area contributed by atoms with Crippen molar-refractivity contribution in [3.63, 3.8) is 0 Å². The molecular weight excluding hydrogens is 316 g/mol. The standard InChI is InChI=1S/C16H14N2O4S/c19-16(20)11-4-3-5-13(8-11)23(21,22)18-10-12-9-17-15-7-2-1-6-14(12)15/h1-9,17-18H,10H2,(H,19,20). The summed E-state index contributed by atoms with van der Waals surface area (Å²) < 4.78 is 27.1. The number of para-hydroxylation sites is 1. The number of fused-ring (bicyclic) bond motifs is 1. The van der Waals surface area contributed by atoms with Gasteiger partial charge in [-0.25, -0.2) is 17.9 Å². The molecule has 0 unspecified atom stereocenters. The maximum absolute atomic E-state index is 12.3. The lowest BCUT2D eigenvalue weighted by Gasteiger charge is -2.07. The molecule has 7 heteroatoms. The van der Waals surface area contributed by atoms with Crippen LogP contribution in [0.4, 0.5) is 0 Å². The second-order valence-electron chi connectivity index (χ2n) is 5.02. The quantitative estimate of drug-likeness (QED) is 0.668. The van der Waals surface area contributed by atoms with Gasteiger partial charge in [-0.1, -0.05) is 24.3 Å². The minimum atomic E-state index is -3.79. The van der Waals surface area contributed by atoms with Gasteiger partial charge in [0.15, 0.2) is 0 Å². The molecule has 0 aliphatic heterocycles. The highest BCUT2D eigenvalue weighted by Crippen LogP contribution is 2.18. The van der Waals surface area contributed by atoms with Gasteiger partial charge in [0, 0.05) is 23.6 Å². The molecule has 0 radical (unpaired) electrons. The minimum absolute atomic E-state index is 0.0695. The molecule has 0 saturated heterocycles. The largest absolute Gasteiger partial charge is 0.478 e. The monoisotopic (exact) mass is 330 g/mol. The van der Waals surface area contributed by atoms with Crippen molar-refractivity contribution in [1.82, 2.24) is 9.71 Å². The number of nitrogens with one attached hydrogen (secondary N) is 2. The van der Waals surface area contributed by atoms with Gasteiger partial charge in [0.05, 0.1) is 10.5 Å². The van der Waals surface area contributed by atoms with Crippen LogP contribution in [0.15, 0.2) is 59.6 Å². The summed E-state index contributed by atoms with van der Waals surface area (Å²) in [6.07, 6.45) is 1.75. The fourth-order valence-electron chi connectivity index (χ4n) is 2.33. The third-order valence-corrected chi connectivity index (χ3v) is 4.92. The van der Waals surface area contributed by atoms with E-state index in [-0.39, 0.29) is 17.0 Å². The zero-order valence-corrected chi connectivity index (χ0v) is 12.8. The van der Waals surface area contributed by atoms with Gasteiger partial charge >= 0.3 is 5.97 Å². The Morgan fingerprint density at radius 1 is 1.13 bits per heavy atom. The van der Waals surface area contributed by atoms with Gasteiger partial charge in [0.2, 0.25) is 10.0 Å². The number of hydrogen-bond acceptors (Lipinski definition) is 3. The van der Waals surface area contributed by atoms with Crippen molar-refractivity contribution in [3.8, 4) is 0 Å². The number of aromatic nitrogens is 1. The number of carboxylic acid groups (broad SMARTS) is 1. The number of hydrogen-bond donors (Lipinski definition) is 3. The van der Waals surface area contributed by atoms with E-state index < -0.39 is 16.0 Å². The highest BCUT2D eigenvalue weighted by molar-refractivity contribution is 7.89. The Hall–Kier alpha value is -2.64. The van der Waals surface area contributed by atoms with Gasteiger partial charge < -0.3 is 10.1 Å². The summed E-state index contributed by atoms with van der Waals surface area (Å²) in [4.78, 5) is 14.0. The Morgan fingerprint density at radius 3 is 2.70 bits per heavy atom. The maximum Gasteiger partial charge on any atom is 0.335 e. The summed E-state index contributed by atoms with van der Waals surface area (Å²) in [6, 6.07) is 12.8. The van der Waals surface area contributed by atoms with Gasteiger partial charge in [-0.3, -0.25) is 0 Å². The molecule has 2 aromatic carbocycles. The first kappa shape index (κ1) is 15.3.